The summed E-state index contributed by atoms with van der Waals surface area (Å²) in [6, 6.07) is 5.27. The fraction of sp³-hybridized carbons (Fsp3) is 0.182. The molecule has 0 atom stereocenters. The van der Waals surface area contributed by atoms with Crippen LogP contribution in [-0.2, 0) is 7.05 Å². The molecule has 82 valence electrons. The molecular weight excluding hydrogens is 206 g/mol. The van der Waals surface area contributed by atoms with Gasteiger partial charge in [0.05, 0.1) is 5.69 Å². The molecule has 0 aliphatic rings. The second-order valence-electron chi connectivity index (χ2n) is 3.51. The normalized spacial score (nSPS) is 10.4. The van der Waals surface area contributed by atoms with Gasteiger partial charge in [-0.1, -0.05) is 6.07 Å². The third kappa shape index (κ3) is 1.67. The van der Waals surface area contributed by atoms with Crippen LogP contribution < -0.4 is 0 Å². The van der Waals surface area contributed by atoms with Crippen molar-refractivity contribution < 1.29 is 9.90 Å². The standard InChI is InChI=1S/C11H11N3O2/c1-7-4-3-5-12-10(7)8-6-9(11(15)16)14(2)13-8/h3-6H,1-2H3,(H,15,16). The number of carboxylic acid groups (broad SMARTS) is 1. The quantitative estimate of drug-likeness (QED) is 0.827. The van der Waals surface area contributed by atoms with Crippen molar-refractivity contribution in [2.75, 3.05) is 0 Å². The summed E-state index contributed by atoms with van der Waals surface area (Å²) in [6.45, 7) is 1.91. The number of aromatic nitrogens is 3. The summed E-state index contributed by atoms with van der Waals surface area (Å²) in [7, 11) is 1.60. The molecule has 0 saturated heterocycles. The van der Waals surface area contributed by atoms with E-state index < -0.39 is 5.97 Å². The zero-order chi connectivity index (χ0) is 11.7. The summed E-state index contributed by atoms with van der Waals surface area (Å²) in [6.07, 6.45) is 1.66. The molecule has 0 aliphatic carbocycles. The number of hydrogen-bond donors (Lipinski definition) is 1. The van der Waals surface area contributed by atoms with Crippen LogP contribution in [0.15, 0.2) is 24.4 Å². The molecule has 0 saturated carbocycles. The van der Waals surface area contributed by atoms with E-state index in [1.165, 1.54) is 10.7 Å². The minimum Gasteiger partial charge on any atom is -0.477 e. The van der Waals surface area contributed by atoms with Gasteiger partial charge in [0, 0.05) is 19.3 Å². The molecule has 0 radical (unpaired) electrons. The van der Waals surface area contributed by atoms with Crippen LogP contribution in [0.25, 0.3) is 11.4 Å². The molecule has 1 N–H and O–H groups in total. The van der Waals surface area contributed by atoms with Crippen molar-refractivity contribution >= 4 is 5.97 Å². The van der Waals surface area contributed by atoms with E-state index in [2.05, 4.69) is 10.1 Å². The molecular formula is C11H11N3O2. The van der Waals surface area contributed by atoms with Gasteiger partial charge in [-0.3, -0.25) is 9.67 Å². The zero-order valence-electron chi connectivity index (χ0n) is 9.01. The Morgan fingerprint density at radius 1 is 1.50 bits per heavy atom. The molecule has 2 heterocycles. The Kier molecular flexibility index (Phi) is 2.44. The smallest absolute Gasteiger partial charge is 0.354 e. The Labute approximate surface area is 92.4 Å². The Bertz CT molecular complexity index is 546. The predicted octanol–water partition coefficient (Wildman–Crippen LogP) is 1.49. The summed E-state index contributed by atoms with van der Waals surface area (Å²) in [5, 5.41) is 13.1. The van der Waals surface area contributed by atoms with E-state index in [-0.39, 0.29) is 5.69 Å². The lowest BCUT2D eigenvalue weighted by Crippen LogP contribution is -2.04. The third-order valence-corrected chi connectivity index (χ3v) is 2.35. The first-order valence-corrected chi connectivity index (χ1v) is 4.79. The topological polar surface area (TPSA) is 68.0 Å². The van der Waals surface area contributed by atoms with Crippen molar-refractivity contribution in [1.29, 1.82) is 0 Å². The maximum Gasteiger partial charge on any atom is 0.354 e. The van der Waals surface area contributed by atoms with Gasteiger partial charge in [-0.15, -0.1) is 0 Å². The van der Waals surface area contributed by atoms with Gasteiger partial charge in [0.1, 0.15) is 11.4 Å². The molecule has 2 aromatic heterocycles. The average molecular weight is 217 g/mol. The number of nitrogens with zero attached hydrogens (tertiary/aromatic N) is 3. The first-order valence-electron chi connectivity index (χ1n) is 4.79. The summed E-state index contributed by atoms with van der Waals surface area (Å²) in [5.74, 6) is -0.991. The largest absolute Gasteiger partial charge is 0.477 e. The molecule has 2 rings (SSSR count). The van der Waals surface area contributed by atoms with Crippen molar-refractivity contribution in [1.82, 2.24) is 14.8 Å². The van der Waals surface area contributed by atoms with Gasteiger partial charge >= 0.3 is 5.97 Å². The van der Waals surface area contributed by atoms with Crippen LogP contribution in [0.2, 0.25) is 0 Å². The van der Waals surface area contributed by atoms with Gasteiger partial charge in [-0.25, -0.2) is 4.79 Å². The van der Waals surface area contributed by atoms with Gasteiger partial charge in [0.2, 0.25) is 0 Å². The highest BCUT2D eigenvalue weighted by Gasteiger charge is 2.14. The fourth-order valence-electron chi connectivity index (χ4n) is 1.54. The lowest BCUT2D eigenvalue weighted by Gasteiger charge is -1.98. The molecule has 5 heteroatoms. The summed E-state index contributed by atoms with van der Waals surface area (Å²) in [4.78, 5) is 15.1. The molecule has 0 amide bonds. The first kappa shape index (κ1) is 10.4. The predicted molar refractivity (Wildman–Crippen MR) is 58.1 cm³/mol. The van der Waals surface area contributed by atoms with Crippen LogP contribution in [0, 0.1) is 6.92 Å². The van der Waals surface area contributed by atoms with Crippen LogP contribution in [0.4, 0.5) is 0 Å². The highest BCUT2D eigenvalue weighted by atomic mass is 16.4. The van der Waals surface area contributed by atoms with E-state index in [1.807, 2.05) is 19.1 Å². The highest BCUT2D eigenvalue weighted by molar-refractivity contribution is 5.87. The maximum absolute atomic E-state index is 10.9. The van der Waals surface area contributed by atoms with Crippen LogP contribution in [0.1, 0.15) is 16.1 Å². The highest BCUT2D eigenvalue weighted by Crippen LogP contribution is 2.19. The number of carbonyl (C=O) groups is 1. The van der Waals surface area contributed by atoms with E-state index in [9.17, 15) is 4.79 Å². The number of carboxylic acids is 1. The number of rotatable bonds is 2. The first-order chi connectivity index (χ1) is 7.59. The minimum absolute atomic E-state index is 0.153. The van der Waals surface area contributed by atoms with Gasteiger partial charge < -0.3 is 5.11 Å². The van der Waals surface area contributed by atoms with E-state index >= 15 is 0 Å². The Hall–Kier alpha value is -2.17. The second kappa shape index (κ2) is 3.77. The van der Waals surface area contributed by atoms with E-state index in [4.69, 9.17) is 5.11 Å². The number of aryl methyl sites for hydroxylation is 2. The lowest BCUT2D eigenvalue weighted by atomic mass is 10.1. The SMILES string of the molecule is Cc1cccnc1-c1cc(C(=O)O)n(C)n1. The molecule has 0 bridgehead atoms. The number of hydrogen-bond acceptors (Lipinski definition) is 3. The van der Waals surface area contributed by atoms with Crippen molar-refractivity contribution in [2.45, 2.75) is 6.92 Å². The van der Waals surface area contributed by atoms with Crippen LogP contribution in [0.3, 0.4) is 0 Å². The molecule has 0 spiro atoms. The third-order valence-electron chi connectivity index (χ3n) is 2.35. The van der Waals surface area contributed by atoms with Crippen LogP contribution >= 0.6 is 0 Å². The maximum atomic E-state index is 10.9. The van der Waals surface area contributed by atoms with Gasteiger partial charge in [-0.05, 0) is 18.6 Å². The molecule has 0 aromatic carbocycles. The van der Waals surface area contributed by atoms with Crippen molar-refractivity contribution in [2.24, 2.45) is 7.05 Å². The van der Waals surface area contributed by atoms with Crippen molar-refractivity contribution in [3.05, 3.63) is 35.7 Å². The Morgan fingerprint density at radius 2 is 2.25 bits per heavy atom. The van der Waals surface area contributed by atoms with E-state index in [1.54, 1.807) is 13.2 Å². The van der Waals surface area contributed by atoms with Gasteiger partial charge in [0.15, 0.2) is 0 Å². The monoisotopic (exact) mass is 217 g/mol. The molecule has 0 fully saturated rings. The molecule has 2 aromatic rings. The number of pyridine rings is 1. The Morgan fingerprint density at radius 3 is 2.81 bits per heavy atom. The molecule has 5 nitrogen and oxygen atoms in total. The Balaban J connectivity index is 2.54. The molecule has 16 heavy (non-hydrogen) atoms. The number of aromatic carboxylic acids is 1. The lowest BCUT2D eigenvalue weighted by molar-refractivity contribution is 0.0685. The zero-order valence-corrected chi connectivity index (χ0v) is 9.01. The van der Waals surface area contributed by atoms with Crippen LogP contribution in [0.5, 0.6) is 0 Å². The fourth-order valence-corrected chi connectivity index (χ4v) is 1.54. The minimum atomic E-state index is -0.991. The molecule has 0 unspecified atom stereocenters. The average Bonchev–Trinajstić information content (AvgIpc) is 2.61. The summed E-state index contributed by atoms with van der Waals surface area (Å²) < 4.78 is 1.34. The van der Waals surface area contributed by atoms with Gasteiger partial charge in [0.25, 0.3) is 0 Å². The van der Waals surface area contributed by atoms with E-state index in [0.717, 1.165) is 5.56 Å². The van der Waals surface area contributed by atoms with E-state index in [0.29, 0.717) is 11.4 Å². The molecule has 0 aliphatic heterocycles. The summed E-state index contributed by atoms with van der Waals surface area (Å²) >= 11 is 0. The van der Waals surface area contributed by atoms with Gasteiger partial charge in [-0.2, -0.15) is 5.10 Å². The van der Waals surface area contributed by atoms with Crippen molar-refractivity contribution in [3.8, 4) is 11.4 Å². The van der Waals surface area contributed by atoms with Crippen LogP contribution in [-0.4, -0.2) is 25.8 Å². The second-order valence-corrected chi connectivity index (χ2v) is 3.51. The van der Waals surface area contributed by atoms with Crippen molar-refractivity contribution in [3.63, 3.8) is 0 Å². The summed E-state index contributed by atoms with van der Waals surface area (Å²) in [5.41, 5.74) is 2.42.